The van der Waals surface area contributed by atoms with E-state index in [-0.39, 0.29) is 17.2 Å². The highest BCUT2D eigenvalue weighted by atomic mass is 16.2. The van der Waals surface area contributed by atoms with Crippen LogP contribution in [0, 0.1) is 5.41 Å². The van der Waals surface area contributed by atoms with Crippen molar-refractivity contribution < 1.29 is 9.59 Å². The summed E-state index contributed by atoms with van der Waals surface area (Å²) in [6.07, 6.45) is 3.11. The summed E-state index contributed by atoms with van der Waals surface area (Å²) in [4.78, 5) is 27.1. The van der Waals surface area contributed by atoms with Gasteiger partial charge < -0.3 is 10.6 Å². The van der Waals surface area contributed by atoms with Crippen LogP contribution in [-0.2, 0) is 16.0 Å². The zero-order valence-electron chi connectivity index (χ0n) is 12.3. The summed E-state index contributed by atoms with van der Waals surface area (Å²) in [5, 5.41) is 12.1. The van der Waals surface area contributed by atoms with Gasteiger partial charge in [0, 0.05) is 31.3 Å². The Morgan fingerprint density at radius 2 is 2.00 bits per heavy atom. The molecule has 0 aliphatic carbocycles. The van der Waals surface area contributed by atoms with E-state index in [1.807, 2.05) is 20.8 Å². The predicted molar refractivity (Wildman–Crippen MR) is 74.8 cm³/mol. The van der Waals surface area contributed by atoms with E-state index < -0.39 is 0 Å². The quantitative estimate of drug-likeness (QED) is 0.630. The van der Waals surface area contributed by atoms with Crippen molar-refractivity contribution in [2.75, 3.05) is 13.1 Å². The summed E-state index contributed by atoms with van der Waals surface area (Å²) in [6, 6.07) is 0. The number of carbonyl (C=O) groups is 2. The molecule has 0 bridgehead atoms. The molecule has 0 unspecified atom stereocenters. The van der Waals surface area contributed by atoms with Crippen LogP contribution in [0.2, 0.25) is 0 Å². The monoisotopic (exact) mass is 281 g/mol. The average Bonchev–Trinajstić information content (AvgIpc) is 2.86. The van der Waals surface area contributed by atoms with Crippen LogP contribution in [0.3, 0.4) is 0 Å². The lowest BCUT2D eigenvalue weighted by molar-refractivity contribution is -0.128. The molecule has 3 N–H and O–H groups in total. The third kappa shape index (κ3) is 6.31. The number of hydrogen-bond donors (Lipinski definition) is 3. The number of nitrogens with one attached hydrogen (secondary N) is 3. The first kappa shape index (κ1) is 16.1. The molecule has 0 spiro atoms. The molecule has 7 heteroatoms. The van der Waals surface area contributed by atoms with Crippen LogP contribution >= 0.6 is 0 Å². The zero-order valence-corrected chi connectivity index (χ0v) is 12.3. The Labute approximate surface area is 118 Å². The van der Waals surface area contributed by atoms with Gasteiger partial charge in [-0.15, -0.1) is 0 Å². The molecule has 20 heavy (non-hydrogen) atoms. The Bertz CT molecular complexity index is 422. The molecule has 1 rings (SSSR count). The minimum absolute atomic E-state index is 0.00299. The summed E-state index contributed by atoms with van der Waals surface area (Å²) < 4.78 is 0. The molecule has 0 aromatic carbocycles. The molecule has 112 valence electrons. The molecule has 0 fully saturated rings. The minimum Gasteiger partial charge on any atom is -0.356 e. The van der Waals surface area contributed by atoms with Gasteiger partial charge in [0.1, 0.15) is 12.2 Å². The van der Waals surface area contributed by atoms with Gasteiger partial charge in [-0.1, -0.05) is 20.8 Å². The van der Waals surface area contributed by atoms with Crippen LogP contribution in [-0.4, -0.2) is 40.1 Å². The lowest BCUT2D eigenvalue weighted by Crippen LogP contribution is -2.35. The van der Waals surface area contributed by atoms with Gasteiger partial charge in [0.05, 0.1) is 0 Å². The van der Waals surface area contributed by atoms with Crippen molar-refractivity contribution in [1.82, 2.24) is 25.8 Å². The first-order chi connectivity index (χ1) is 9.39. The highest BCUT2D eigenvalue weighted by molar-refractivity contribution is 5.81. The Morgan fingerprint density at radius 1 is 1.25 bits per heavy atom. The maximum atomic E-state index is 11.6. The van der Waals surface area contributed by atoms with E-state index in [9.17, 15) is 9.59 Å². The van der Waals surface area contributed by atoms with Gasteiger partial charge in [0.25, 0.3) is 0 Å². The Hall–Kier alpha value is -1.92. The van der Waals surface area contributed by atoms with E-state index in [2.05, 4.69) is 25.8 Å². The van der Waals surface area contributed by atoms with Crippen molar-refractivity contribution in [2.45, 2.75) is 40.0 Å². The molecule has 0 radical (unpaired) electrons. The van der Waals surface area contributed by atoms with Crippen LogP contribution in [0.15, 0.2) is 6.33 Å². The van der Waals surface area contributed by atoms with Gasteiger partial charge in [-0.3, -0.25) is 14.7 Å². The van der Waals surface area contributed by atoms with Gasteiger partial charge in [0.2, 0.25) is 11.8 Å². The van der Waals surface area contributed by atoms with Crippen LogP contribution < -0.4 is 10.6 Å². The van der Waals surface area contributed by atoms with E-state index in [4.69, 9.17) is 0 Å². The fourth-order valence-electron chi connectivity index (χ4n) is 1.48. The van der Waals surface area contributed by atoms with Crippen LogP contribution in [0.4, 0.5) is 0 Å². The van der Waals surface area contributed by atoms with E-state index in [0.717, 1.165) is 5.82 Å². The number of aromatic nitrogens is 3. The molecular formula is C13H23N5O2. The Kier molecular flexibility index (Phi) is 6.14. The summed E-state index contributed by atoms with van der Waals surface area (Å²) in [6.45, 7) is 6.63. The second-order valence-corrected chi connectivity index (χ2v) is 5.64. The number of hydrogen-bond acceptors (Lipinski definition) is 4. The van der Waals surface area contributed by atoms with Crippen molar-refractivity contribution in [3.05, 3.63) is 12.2 Å². The van der Waals surface area contributed by atoms with Crippen LogP contribution in [0.25, 0.3) is 0 Å². The second kappa shape index (κ2) is 7.62. The predicted octanol–water partition coefficient (Wildman–Crippen LogP) is 0.406. The molecule has 7 nitrogen and oxygen atoms in total. The fraction of sp³-hybridized carbons (Fsp3) is 0.692. The maximum Gasteiger partial charge on any atom is 0.225 e. The number of H-pyrrole nitrogens is 1. The van der Waals surface area contributed by atoms with E-state index >= 15 is 0 Å². The highest BCUT2D eigenvalue weighted by Gasteiger charge is 2.20. The largest absolute Gasteiger partial charge is 0.356 e. The molecule has 1 aromatic rings. The van der Waals surface area contributed by atoms with Gasteiger partial charge >= 0.3 is 0 Å². The molecule has 0 aliphatic heterocycles. The third-order valence-electron chi connectivity index (χ3n) is 2.70. The summed E-state index contributed by atoms with van der Waals surface area (Å²) in [5.74, 6) is 0.737. The van der Waals surface area contributed by atoms with Gasteiger partial charge in [-0.2, -0.15) is 5.10 Å². The van der Waals surface area contributed by atoms with Crippen molar-refractivity contribution in [3.8, 4) is 0 Å². The van der Waals surface area contributed by atoms with Crippen LogP contribution in [0.5, 0.6) is 0 Å². The first-order valence-electron chi connectivity index (χ1n) is 6.79. The fourth-order valence-corrected chi connectivity index (χ4v) is 1.48. The molecule has 0 saturated carbocycles. The molecular weight excluding hydrogens is 258 g/mol. The molecule has 0 atom stereocenters. The van der Waals surface area contributed by atoms with E-state index in [1.54, 1.807) is 0 Å². The Balaban J connectivity index is 2.04. The van der Waals surface area contributed by atoms with Gasteiger partial charge in [-0.25, -0.2) is 4.98 Å². The zero-order chi connectivity index (χ0) is 15.0. The first-order valence-corrected chi connectivity index (χ1v) is 6.79. The standard InChI is InChI=1S/C13H23N5O2/c1-13(2,3)12(20)15-7-4-5-11(19)14-8-6-10-16-9-17-18-10/h9H,4-8H2,1-3H3,(H,14,19)(H,15,20)(H,16,17,18). The summed E-state index contributed by atoms with van der Waals surface area (Å²) in [7, 11) is 0. The van der Waals surface area contributed by atoms with Gasteiger partial charge in [0.15, 0.2) is 0 Å². The summed E-state index contributed by atoms with van der Waals surface area (Å²) in [5.41, 5.74) is -0.390. The highest BCUT2D eigenvalue weighted by Crippen LogP contribution is 2.12. The SMILES string of the molecule is CC(C)(C)C(=O)NCCCC(=O)NCCc1ncn[nH]1. The van der Waals surface area contributed by atoms with E-state index in [1.165, 1.54) is 6.33 Å². The van der Waals surface area contributed by atoms with Crippen molar-refractivity contribution in [1.29, 1.82) is 0 Å². The number of rotatable bonds is 7. The summed E-state index contributed by atoms with van der Waals surface area (Å²) >= 11 is 0. The maximum absolute atomic E-state index is 11.6. The topological polar surface area (TPSA) is 99.8 Å². The lowest BCUT2D eigenvalue weighted by atomic mass is 9.96. The van der Waals surface area contributed by atoms with Crippen molar-refractivity contribution in [2.24, 2.45) is 5.41 Å². The number of aromatic amines is 1. The Morgan fingerprint density at radius 3 is 2.60 bits per heavy atom. The normalized spacial score (nSPS) is 11.2. The molecule has 0 saturated heterocycles. The number of carbonyl (C=O) groups excluding carboxylic acids is 2. The van der Waals surface area contributed by atoms with Crippen molar-refractivity contribution >= 4 is 11.8 Å². The number of amides is 2. The molecule has 2 amide bonds. The molecule has 0 aliphatic rings. The third-order valence-corrected chi connectivity index (χ3v) is 2.70. The van der Waals surface area contributed by atoms with Crippen molar-refractivity contribution in [3.63, 3.8) is 0 Å². The number of nitrogens with zero attached hydrogens (tertiary/aromatic N) is 2. The van der Waals surface area contributed by atoms with Crippen LogP contribution in [0.1, 0.15) is 39.4 Å². The van der Waals surface area contributed by atoms with E-state index in [0.29, 0.717) is 32.4 Å². The smallest absolute Gasteiger partial charge is 0.225 e. The second-order valence-electron chi connectivity index (χ2n) is 5.64. The van der Waals surface area contributed by atoms with Gasteiger partial charge in [-0.05, 0) is 6.42 Å². The lowest BCUT2D eigenvalue weighted by Gasteiger charge is -2.17. The molecule has 1 aromatic heterocycles. The average molecular weight is 281 g/mol. The minimum atomic E-state index is -0.390. The molecule has 1 heterocycles.